The van der Waals surface area contributed by atoms with Crippen molar-refractivity contribution in [1.29, 1.82) is 0 Å². The van der Waals surface area contributed by atoms with Crippen LogP contribution in [0.2, 0.25) is 0 Å². The molecule has 86 valence electrons. The first kappa shape index (κ1) is 13.8. The lowest BCUT2D eigenvalue weighted by atomic mass is 10.0. The van der Waals surface area contributed by atoms with Crippen LogP contribution >= 0.6 is 0 Å². The van der Waals surface area contributed by atoms with Gasteiger partial charge in [-0.3, -0.25) is 4.90 Å². The minimum atomic E-state index is -2.93. The molecule has 1 aliphatic heterocycles. The molecule has 2 nitrogen and oxygen atoms in total. The van der Waals surface area contributed by atoms with E-state index in [0.717, 1.165) is 0 Å². The smallest absolute Gasteiger partial charge is 0.285 e. The number of piperidine rings is 1. The number of likely N-dealkylation sites (tertiary alicyclic amines) is 1. The molecular formula is C10H21F2NO. The third kappa shape index (κ3) is 3.50. The van der Waals surface area contributed by atoms with Crippen LogP contribution in [0.15, 0.2) is 0 Å². The van der Waals surface area contributed by atoms with Crippen LogP contribution in [0.3, 0.4) is 0 Å². The maximum Gasteiger partial charge on any atom is 0.285 e. The fraction of sp³-hybridized carbons (Fsp3) is 1.00. The van der Waals surface area contributed by atoms with Gasteiger partial charge in [-0.15, -0.1) is 0 Å². The van der Waals surface area contributed by atoms with Crippen molar-refractivity contribution in [2.45, 2.75) is 52.2 Å². The molecule has 4 heteroatoms. The van der Waals surface area contributed by atoms with Gasteiger partial charge in [0.15, 0.2) is 0 Å². The van der Waals surface area contributed by atoms with Crippen molar-refractivity contribution < 1.29 is 13.9 Å². The Morgan fingerprint density at radius 1 is 1.36 bits per heavy atom. The molecule has 0 amide bonds. The minimum Gasteiger partial charge on any atom is -0.387 e. The van der Waals surface area contributed by atoms with E-state index in [1.165, 1.54) is 0 Å². The molecule has 0 aromatic rings. The Bertz CT molecular complexity index is 162. The number of alkyl halides is 2. The molecule has 0 saturated carbocycles. The Labute approximate surface area is 84.9 Å². The third-order valence-corrected chi connectivity index (χ3v) is 2.32. The van der Waals surface area contributed by atoms with Gasteiger partial charge in [-0.1, -0.05) is 13.8 Å². The zero-order valence-electron chi connectivity index (χ0n) is 9.43. The average Bonchev–Trinajstić information content (AvgIpc) is 2.13. The number of aliphatic hydroxyl groups is 1. The van der Waals surface area contributed by atoms with Crippen LogP contribution in [0.1, 0.15) is 34.1 Å². The van der Waals surface area contributed by atoms with E-state index >= 15 is 0 Å². The van der Waals surface area contributed by atoms with Crippen molar-refractivity contribution in [3.63, 3.8) is 0 Å². The Hall–Kier alpha value is -0.220. The standard InChI is InChI=1S/C8H15F2NO.C2H6/c1-6(2)11-4-3-7(12)8(9,10)5-11;1-2/h6-7,12H,3-5H2,1-2H3;1-2H3. The normalized spacial score (nSPS) is 27.0. The molecule has 1 unspecified atom stereocenters. The van der Waals surface area contributed by atoms with Crippen molar-refractivity contribution >= 4 is 0 Å². The molecule has 0 aromatic heterocycles. The van der Waals surface area contributed by atoms with Gasteiger partial charge < -0.3 is 5.11 Å². The maximum absolute atomic E-state index is 12.9. The molecule has 1 N–H and O–H groups in total. The number of rotatable bonds is 1. The summed E-state index contributed by atoms with van der Waals surface area (Å²) in [5, 5.41) is 8.96. The molecule has 0 spiro atoms. The van der Waals surface area contributed by atoms with Crippen LogP contribution in [-0.4, -0.2) is 41.2 Å². The highest BCUT2D eigenvalue weighted by Gasteiger charge is 2.43. The van der Waals surface area contributed by atoms with Gasteiger partial charge in [0.1, 0.15) is 6.10 Å². The average molecular weight is 209 g/mol. The number of hydrogen-bond acceptors (Lipinski definition) is 2. The van der Waals surface area contributed by atoms with Crippen LogP contribution < -0.4 is 0 Å². The molecular weight excluding hydrogens is 188 g/mol. The van der Waals surface area contributed by atoms with E-state index in [1.54, 1.807) is 4.90 Å². The summed E-state index contributed by atoms with van der Waals surface area (Å²) in [5.41, 5.74) is 0. The van der Waals surface area contributed by atoms with E-state index in [-0.39, 0.29) is 19.0 Å². The second-order valence-electron chi connectivity index (χ2n) is 3.63. The van der Waals surface area contributed by atoms with Crippen molar-refractivity contribution in [3.8, 4) is 0 Å². The summed E-state index contributed by atoms with van der Waals surface area (Å²) in [5.74, 6) is -2.93. The summed E-state index contributed by atoms with van der Waals surface area (Å²) in [6, 6.07) is 0.128. The van der Waals surface area contributed by atoms with Crippen LogP contribution in [0.4, 0.5) is 8.78 Å². The first-order valence-electron chi connectivity index (χ1n) is 5.23. The Balaban J connectivity index is 0.000000791. The van der Waals surface area contributed by atoms with Gasteiger partial charge in [-0.05, 0) is 20.3 Å². The predicted octanol–water partition coefficient (Wildman–Crippen LogP) is 2.12. The van der Waals surface area contributed by atoms with E-state index in [1.807, 2.05) is 27.7 Å². The summed E-state index contributed by atoms with van der Waals surface area (Å²) in [6.45, 7) is 8.02. The molecule has 1 fully saturated rings. The zero-order chi connectivity index (χ0) is 11.4. The largest absolute Gasteiger partial charge is 0.387 e. The summed E-state index contributed by atoms with van der Waals surface area (Å²) in [6.07, 6.45) is -1.28. The predicted molar refractivity (Wildman–Crippen MR) is 53.6 cm³/mol. The SMILES string of the molecule is CC.CC(C)N1CCC(O)C(F)(F)C1. The van der Waals surface area contributed by atoms with Gasteiger partial charge in [0.2, 0.25) is 0 Å². The first-order valence-corrected chi connectivity index (χ1v) is 5.23. The minimum absolute atomic E-state index is 0.128. The summed E-state index contributed by atoms with van der Waals surface area (Å²) >= 11 is 0. The Kier molecular flexibility index (Phi) is 5.52. The van der Waals surface area contributed by atoms with Gasteiger partial charge in [0, 0.05) is 12.6 Å². The van der Waals surface area contributed by atoms with E-state index in [9.17, 15) is 8.78 Å². The Morgan fingerprint density at radius 2 is 1.86 bits per heavy atom. The molecule has 0 aromatic carbocycles. The number of hydrogen-bond donors (Lipinski definition) is 1. The van der Waals surface area contributed by atoms with Gasteiger partial charge in [-0.2, -0.15) is 0 Å². The van der Waals surface area contributed by atoms with Crippen molar-refractivity contribution in [1.82, 2.24) is 4.90 Å². The molecule has 1 rings (SSSR count). The fourth-order valence-electron chi connectivity index (χ4n) is 1.40. The van der Waals surface area contributed by atoms with Gasteiger partial charge in [-0.25, -0.2) is 8.78 Å². The van der Waals surface area contributed by atoms with Crippen LogP contribution in [0.25, 0.3) is 0 Å². The van der Waals surface area contributed by atoms with Gasteiger partial charge in [0.05, 0.1) is 6.54 Å². The van der Waals surface area contributed by atoms with E-state index in [0.29, 0.717) is 6.54 Å². The fourth-order valence-corrected chi connectivity index (χ4v) is 1.40. The summed E-state index contributed by atoms with van der Waals surface area (Å²) in [4.78, 5) is 1.69. The molecule has 1 atom stereocenters. The lowest BCUT2D eigenvalue weighted by Crippen LogP contribution is -2.53. The summed E-state index contributed by atoms with van der Waals surface area (Å²) < 4.78 is 25.8. The Morgan fingerprint density at radius 3 is 2.21 bits per heavy atom. The van der Waals surface area contributed by atoms with E-state index in [2.05, 4.69) is 0 Å². The highest BCUT2D eigenvalue weighted by atomic mass is 19.3. The quantitative estimate of drug-likeness (QED) is 0.715. The van der Waals surface area contributed by atoms with Crippen LogP contribution in [0, 0.1) is 0 Å². The lowest BCUT2D eigenvalue weighted by Gasteiger charge is -2.37. The van der Waals surface area contributed by atoms with Crippen LogP contribution in [0.5, 0.6) is 0 Å². The number of aliphatic hydroxyl groups excluding tert-OH is 1. The maximum atomic E-state index is 12.9. The topological polar surface area (TPSA) is 23.5 Å². The second-order valence-corrected chi connectivity index (χ2v) is 3.63. The van der Waals surface area contributed by atoms with Crippen LogP contribution in [-0.2, 0) is 0 Å². The van der Waals surface area contributed by atoms with E-state index in [4.69, 9.17) is 5.11 Å². The first-order chi connectivity index (χ1) is 6.43. The summed E-state index contributed by atoms with van der Waals surface area (Å²) in [7, 11) is 0. The molecule has 1 saturated heterocycles. The van der Waals surface area contributed by atoms with Crippen molar-refractivity contribution in [2.75, 3.05) is 13.1 Å². The van der Waals surface area contributed by atoms with E-state index < -0.39 is 12.0 Å². The highest BCUT2D eigenvalue weighted by Crippen LogP contribution is 2.27. The number of halogens is 2. The van der Waals surface area contributed by atoms with Crippen molar-refractivity contribution in [2.24, 2.45) is 0 Å². The molecule has 0 radical (unpaired) electrons. The molecule has 1 heterocycles. The van der Waals surface area contributed by atoms with Crippen molar-refractivity contribution in [3.05, 3.63) is 0 Å². The molecule has 0 bridgehead atoms. The second kappa shape index (κ2) is 5.61. The lowest BCUT2D eigenvalue weighted by molar-refractivity contribution is -0.154. The number of nitrogens with zero attached hydrogens (tertiary/aromatic N) is 1. The third-order valence-electron chi connectivity index (χ3n) is 2.32. The van der Waals surface area contributed by atoms with Gasteiger partial charge >= 0.3 is 0 Å². The molecule has 0 aliphatic carbocycles. The molecule has 14 heavy (non-hydrogen) atoms. The highest BCUT2D eigenvalue weighted by molar-refractivity contribution is 4.87. The molecule has 1 aliphatic rings. The zero-order valence-corrected chi connectivity index (χ0v) is 9.43. The monoisotopic (exact) mass is 209 g/mol. The van der Waals surface area contributed by atoms with Gasteiger partial charge in [0.25, 0.3) is 5.92 Å².